The topological polar surface area (TPSA) is 108 Å². The highest BCUT2D eigenvalue weighted by molar-refractivity contribution is 7.89. The predicted molar refractivity (Wildman–Crippen MR) is 203 cm³/mol. The zero-order chi connectivity index (χ0) is 36.1. The summed E-state index contributed by atoms with van der Waals surface area (Å²) in [6.45, 7) is 13.6. The quantitative estimate of drug-likeness (QED) is 0.150. The second-order valence-corrected chi connectivity index (χ2v) is 23.7. The Balaban J connectivity index is 1.32. The van der Waals surface area contributed by atoms with Crippen molar-refractivity contribution < 1.29 is 27.1 Å². The van der Waals surface area contributed by atoms with Crippen molar-refractivity contribution in [3.63, 3.8) is 0 Å². The number of sulfonamides is 1. The van der Waals surface area contributed by atoms with Gasteiger partial charge in [-0.3, -0.25) is 0 Å². The number of esters is 1. The molecule has 274 valence electrons. The summed E-state index contributed by atoms with van der Waals surface area (Å²) in [7, 11) is -4.25. The highest BCUT2D eigenvalue weighted by Gasteiger charge is 2.47. The smallest absolute Gasteiger partial charge is 0.337 e. The van der Waals surface area contributed by atoms with E-state index in [1.165, 1.54) is 18.2 Å². The molecule has 6 rings (SSSR count). The van der Waals surface area contributed by atoms with Gasteiger partial charge in [-0.15, -0.1) is 0 Å². The number of carbonyl (C=O) groups excluding carboxylic acids is 1. The zero-order valence-electron chi connectivity index (χ0n) is 30.5. The summed E-state index contributed by atoms with van der Waals surface area (Å²) in [6, 6.07) is 11.9. The molecule has 2 aromatic carbocycles. The van der Waals surface area contributed by atoms with Gasteiger partial charge in [0.1, 0.15) is 5.75 Å². The van der Waals surface area contributed by atoms with Gasteiger partial charge >= 0.3 is 5.97 Å². The standard InChI is InChI=1S/C39H55ClN2O6SSi/c1-38(2,3)50(5,6)48-35(17-12-26-9-10-30(26)23-49(41,44)45)32-15-11-29(32)22-42-24-39(19-7-8-27-20-31(40)14-16-33(27)39)25-47-36-18-13-28(21-34(36)42)37(43)46-4/h12-14,16-18,20-21,26,29-30,32,35H,7-11,15,19,22-25H2,1-6H3,(H2,41,44,45)/b17-12-/t26-,29+,30-,32-,35+,39?/m1/s1. The van der Waals surface area contributed by atoms with Crippen LogP contribution in [0.1, 0.15) is 80.8 Å². The largest absolute Gasteiger partial charge is 0.490 e. The number of carbonyl (C=O) groups is 1. The Labute approximate surface area is 305 Å². The average Bonchev–Trinajstić information content (AvgIpc) is 3.16. The lowest BCUT2D eigenvalue weighted by molar-refractivity contribution is 0.0519. The van der Waals surface area contributed by atoms with E-state index in [0.29, 0.717) is 24.0 Å². The first kappa shape index (κ1) is 37.4. The summed E-state index contributed by atoms with van der Waals surface area (Å²) in [6.07, 6.45) is 11.5. The van der Waals surface area contributed by atoms with E-state index >= 15 is 0 Å². The summed E-state index contributed by atoms with van der Waals surface area (Å²) in [5.74, 6) is 1.37. The van der Waals surface area contributed by atoms with Crippen molar-refractivity contribution in [2.45, 2.75) is 95.4 Å². The maximum atomic E-state index is 12.7. The minimum absolute atomic E-state index is 0.0307. The Bertz CT molecular complexity index is 1730. The lowest BCUT2D eigenvalue weighted by atomic mass is 9.68. The highest BCUT2D eigenvalue weighted by atomic mass is 35.5. The van der Waals surface area contributed by atoms with Gasteiger partial charge in [-0.1, -0.05) is 50.6 Å². The molecule has 0 radical (unpaired) electrons. The van der Waals surface area contributed by atoms with Crippen LogP contribution in [0.3, 0.4) is 0 Å². The van der Waals surface area contributed by atoms with Crippen molar-refractivity contribution in [1.82, 2.24) is 0 Å². The van der Waals surface area contributed by atoms with E-state index in [4.69, 9.17) is 30.6 Å². The molecule has 1 heterocycles. The van der Waals surface area contributed by atoms with E-state index in [1.807, 2.05) is 18.2 Å². The van der Waals surface area contributed by atoms with Gasteiger partial charge in [0.25, 0.3) is 0 Å². The first-order valence-corrected chi connectivity index (χ1v) is 23.2. The maximum Gasteiger partial charge on any atom is 0.337 e. The van der Waals surface area contributed by atoms with E-state index in [2.05, 4.69) is 63.0 Å². The van der Waals surface area contributed by atoms with Crippen molar-refractivity contribution >= 4 is 41.6 Å². The van der Waals surface area contributed by atoms with Gasteiger partial charge < -0.3 is 18.8 Å². The number of ether oxygens (including phenoxy) is 2. The predicted octanol–water partition coefficient (Wildman–Crippen LogP) is 7.89. The molecule has 2 N–H and O–H groups in total. The second kappa shape index (κ2) is 14.2. The van der Waals surface area contributed by atoms with Crippen molar-refractivity contribution in [3.8, 4) is 5.75 Å². The molecule has 2 saturated carbocycles. The molecule has 8 nitrogen and oxygen atoms in total. The van der Waals surface area contributed by atoms with Crippen molar-refractivity contribution in [2.24, 2.45) is 28.8 Å². The Morgan fingerprint density at radius 2 is 1.90 bits per heavy atom. The van der Waals surface area contributed by atoms with E-state index < -0.39 is 18.3 Å². The number of nitrogens with two attached hydrogens (primary N) is 1. The van der Waals surface area contributed by atoms with Gasteiger partial charge in [-0.2, -0.15) is 0 Å². The van der Waals surface area contributed by atoms with Gasteiger partial charge in [-0.05, 0) is 128 Å². The van der Waals surface area contributed by atoms with Crippen LogP contribution in [0.4, 0.5) is 5.69 Å². The maximum absolute atomic E-state index is 12.7. The molecule has 0 aromatic heterocycles. The van der Waals surface area contributed by atoms with Gasteiger partial charge in [0, 0.05) is 23.5 Å². The molecule has 2 aromatic rings. The van der Waals surface area contributed by atoms with Crippen LogP contribution < -0.4 is 14.8 Å². The Morgan fingerprint density at radius 1 is 1.14 bits per heavy atom. The summed E-state index contributed by atoms with van der Waals surface area (Å²) < 4.78 is 42.7. The Kier molecular flexibility index (Phi) is 10.6. The molecule has 0 saturated heterocycles. The van der Waals surface area contributed by atoms with Gasteiger partial charge in [0.05, 0.1) is 36.8 Å². The van der Waals surface area contributed by atoms with Gasteiger partial charge in [0.15, 0.2) is 8.32 Å². The molecule has 1 spiro atoms. The van der Waals surface area contributed by atoms with Crippen LogP contribution in [0, 0.1) is 23.7 Å². The van der Waals surface area contributed by atoms with Gasteiger partial charge in [0.2, 0.25) is 10.0 Å². The minimum Gasteiger partial charge on any atom is -0.490 e. The lowest BCUT2D eigenvalue weighted by Crippen LogP contribution is -2.52. The summed E-state index contributed by atoms with van der Waals surface area (Å²) in [4.78, 5) is 15.2. The third-order valence-electron chi connectivity index (χ3n) is 12.5. The fraction of sp³-hybridized carbons (Fsp3) is 0.615. The number of hydrogen-bond acceptors (Lipinski definition) is 7. The summed E-state index contributed by atoms with van der Waals surface area (Å²) in [5.41, 5.74) is 3.81. The van der Waals surface area contributed by atoms with Crippen LogP contribution in [-0.4, -0.2) is 61.4 Å². The number of rotatable bonds is 10. The minimum atomic E-state index is -3.52. The number of anilines is 1. The Morgan fingerprint density at radius 3 is 2.54 bits per heavy atom. The number of fused-ring (bicyclic) bond motifs is 3. The number of benzene rings is 2. The van der Waals surface area contributed by atoms with E-state index in [9.17, 15) is 13.2 Å². The van der Waals surface area contributed by atoms with Crippen LogP contribution in [0.15, 0.2) is 48.6 Å². The second-order valence-electron chi connectivity index (χ2n) is 16.8. The van der Waals surface area contributed by atoms with E-state index in [1.54, 1.807) is 6.07 Å². The lowest BCUT2D eigenvalue weighted by Gasteiger charge is -2.48. The fourth-order valence-electron chi connectivity index (χ4n) is 8.29. The molecular formula is C39H55ClN2O6SSi. The first-order chi connectivity index (χ1) is 23.5. The average molecular weight is 743 g/mol. The molecule has 4 aliphatic rings. The van der Waals surface area contributed by atoms with Crippen LogP contribution in [0.25, 0.3) is 0 Å². The Hall–Kier alpha value is -2.37. The zero-order valence-corrected chi connectivity index (χ0v) is 33.1. The number of aryl methyl sites for hydroxylation is 1. The molecule has 2 fully saturated rings. The molecule has 50 heavy (non-hydrogen) atoms. The van der Waals surface area contributed by atoms with E-state index in [0.717, 1.165) is 74.5 Å². The van der Waals surface area contributed by atoms with Crippen molar-refractivity contribution in [1.29, 1.82) is 0 Å². The molecule has 0 amide bonds. The summed E-state index contributed by atoms with van der Waals surface area (Å²) >= 11 is 6.48. The van der Waals surface area contributed by atoms with Gasteiger partial charge in [-0.25, -0.2) is 18.4 Å². The molecular weight excluding hydrogens is 688 g/mol. The number of allylic oxidation sites excluding steroid dienone is 1. The van der Waals surface area contributed by atoms with Crippen LogP contribution in [-0.2, 0) is 31.0 Å². The van der Waals surface area contributed by atoms with Crippen molar-refractivity contribution in [2.75, 3.05) is 37.5 Å². The molecule has 1 unspecified atom stereocenters. The highest BCUT2D eigenvalue weighted by Crippen LogP contribution is 2.48. The van der Waals surface area contributed by atoms with E-state index in [-0.39, 0.29) is 40.1 Å². The number of nitrogens with zero attached hydrogens (tertiary/aromatic N) is 1. The van der Waals surface area contributed by atoms with Crippen LogP contribution >= 0.6 is 11.6 Å². The fourth-order valence-corrected chi connectivity index (χ4v) is 10.8. The number of methoxy groups -OCH3 is 1. The molecule has 3 aliphatic carbocycles. The van der Waals surface area contributed by atoms with Crippen molar-refractivity contribution in [3.05, 3.63) is 70.3 Å². The number of halogens is 1. The summed E-state index contributed by atoms with van der Waals surface area (Å²) in [5, 5.41) is 6.23. The molecule has 1 aliphatic heterocycles. The SMILES string of the molecule is COC(=O)c1ccc2c(c1)N(C[C@@H]1CC[C@H]1[C@H](/C=C\[C@H]1CC[C@@H]1CS(N)(=O)=O)O[Si](C)(C)C(C)(C)C)CC1(CCCc3cc(Cl)ccc31)CO2. The monoisotopic (exact) mass is 742 g/mol. The first-order valence-electron chi connectivity index (χ1n) is 18.2. The molecule has 0 bridgehead atoms. The van der Waals surface area contributed by atoms with Crippen LogP contribution in [0.2, 0.25) is 23.2 Å². The molecule has 6 atom stereocenters. The third-order valence-corrected chi connectivity index (χ3v) is 18.1. The normalized spacial score (nSPS) is 27.4. The molecule has 11 heteroatoms. The number of primary sulfonamides is 1. The third kappa shape index (κ3) is 7.84. The number of hydrogen-bond donors (Lipinski definition) is 1. The van der Waals surface area contributed by atoms with Crippen LogP contribution in [0.5, 0.6) is 5.75 Å².